The van der Waals surface area contributed by atoms with E-state index in [0.717, 1.165) is 6.42 Å². The highest BCUT2D eigenvalue weighted by atomic mass is 14.2. The molecule has 72 valence electrons. The molecule has 2 rings (SSSR count). The second-order valence-electron chi connectivity index (χ2n) is 4.11. The zero-order chi connectivity index (χ0) is 9.97. The highest BCUT2D eigenvalue weighted by Gasteiger charge is 2.14. The third-order valence-corrected chi connectivity index (χ3v) is 2.68. The number of hydrogen-bond acceptors (Lipinski definition) is 0. The standard InChI is InChI=1S/C14H16/c1-11(2)7-8-13-10-9-12-5-3-4-6-14(12)13/h3-7,9-10,13H,8H2,1-2H3. The summed E-state index contributed by atoms with van der Waals surface area (Å²) >= 11 is 0. The molecule has 0 fully saturated rings. The Balaban J connectivity index is 2.19. The lowest BCUT2D eigenvalue weighted by molar-refractivity contribution is 0.873. The maximum Gasteiger partial charge on any atom is 0.00618 e. The molecule has 0 aromatic heterocycles. The van der Waals surface area contributed by atoms with Crippen molar-refractivity contribution in [1.82, 2.24) is 0 Å². The Labute approximate surface area is 86.0 Å². The topological polar surface area (TPSA) is 0 Å². The second-order valence-corrected chi connectivity index (χ2v) is 4.11. The van der Waals surface area contributed by atoms with Crippen LogP contribution in [0.3, 0.4) is 0 Å². The van der Waals surface area contributed by atoms with E-state index >= 15 is 0 Å². The van der Waals surface area contributed by atoms with Gasteiger partial charge in [0.05, 0.1) is 0 Å². The summed E-state index contributed by atoms with van der Waals surface area (Å²) in [5.41, 5.74) is 4.27. The number of rotatable bonds is 2. The van der Waals surface area contributed by atoms with Crippen LogP contribution in [0.25, 0.3) is 6.08 Å². The van der Waals surface area contributed by atoms with E-state index in [-0.39, 0.29) is 0 Å². The highest BCUT2D eigenvalue weighted by molar-refractivity contribution is 5.62. The van der Waals surface area contributed by atoms with Gasteiger partial charge in [0.15, 0.2) is 0 Å². The molecule has 0 radical (unpaired) electrons. The molecule has 0 nitrogen and oxygen atoms in total. The van der Waals surface area contributed by atoms with E-state index in [2.05, 4.69) is 56.3 Å². The average molecular weight is 184 g/mol. The normalized spacial score (nSPS) is 18.0. The SMILES string of the molecule is CC(C)=CCC1C=Cc2ccccc21. The molecule has 1 atom stereocenters. The molecule has 0 amide bonds. The monoisotopic (exact) mass is 184 g/mol. The van der Waals surface area contributed by atoms with Crippen molar-refractivity contribution in [3.8, 4) is 0 Å². The molecule has 1 aromatic rings. The minimum atomic E-state index is 0.598. The lowest BCUT2D eigenvalue weighted by atomic mass is 9.97. The van der Waals surface area contributed by atoms with Gasteiger partial charge in [0.1, 0.15) is 0 Å². The van der Waals surface area contributed by atoms with E-state index in [1.807, 2.05) is 0 Å². The molecule has 0 bridgehead atoms. The molecule has 14 heavy (non-hydrogen) atoms. The Bertz CT molecular complexity index is 379. The van der Waals surface area contributed by atoms with Crippen molar-refractivity contribution in [2.24, 2.45) is 0 Å². The smallest absolute Gasteiger partial charge is 0.00618 e. The summed E-state index contributed by atoms with van der Waals surface area (Å²) in [6.45, 7) is 4.31. The average Bonchev–Trinajstić information content (AvgIpc) is 2.58. The predicted molar refractivity (Wildman–Crippen MR) is 62.3 cm³/mol. The van der Waals surface area contributed by atoms with Crippen LogP contribution in [0.5, 0.6) is 0 Å². The summed E-state index contributed by atoms with van der Waals surface area (Å²) in [4.78, 5) is 0. The van der Waals surface area contributed by atoms with Gasteiger partial charge in [-0.15, -0.1) is 0 Å². The Hall–Kier alpha value is -1.30. The summed E-state index contributed by atoms with van der Waals surface area (Å²) in [5.74, 6) is 0.598. The molecule has 1 aliphatic carbocycles. The van der Waals surface area contributed by atoms with Gasteiger partial charge in [-0.1, -0.05) is 48.1 Å². The van der Waals surface area contributed by atoms with Crippen LogP contribution >= 0.6 is 0 Å². The van der Waals surface area contributed by atoms with Crippen LogP contribution in [0.1, 0.15) is 37.3 Å². The van der Waals surface area contributed by atoms with Crippen LogP contribution in [0, 0.1) is 0 Å². The summed E-state index contributed by atoms with van der Waals surface area (Å²) in [6, 6.07) is 8.65. The van der Waals surface area contributed by atoms with Crippen molar-refractivity contribution in [1.29, 1.82) is 0 Å². The van der Waals surface area contributed by atoms with Gasteiger partial charge in [-0.05, 0) is 31.4 Å². The van der Waals surface area contributed by atoms with E-state index in [0.29, 0.717) is 5.92 Å². The first kappa shape index (κ1) is 9.26. The van der Waals surface area contributed by atoms with Gasteiger partial charge < -0.3 is 0 Å². The maximum atomic E-state index is 2.32. The minimum Gasteiger partial charge on any atom is -0.0850 e. The molecule has 0 saturated carbocycles. The molecule has 0 heterocycles. The van der Waals surface area contributed by atoms with Gasteiger partial charge in [-0.2, -0.15) is 0 Å². The third kappa shape index (κ3) is 1.79. The Morgan fingerprint density at radius 3 is 2.86 bits per heavy atom. The fraction of sp³-hybridized carbons (Fsp3) is 0.286. The fourth-order valence-electron chi connectivity index (χ4n) is 1.89. The number of fused-ring (bicyclic) bond motifs is 1. The number of hydrogen-bond donors (Lipinski definition) is 0. The van der Waals surface area contributed by atoms with Gasteiger partial charge in [-0.25, -0.2) is 0 Å². The Kier molecular flexibility index (Phi) is 2.53. The molecule has 0 spiro atoms. The van der Waals surface area contributed by atoms with Crippen molar-refractivity contribution in [2.45, 2.75) is 26.2 Å². The van der Waals surface area contributed by atoms with Crippen molar-refractivity contribution in [3.63, 3.8) is 0 Å². The molecular formula is C14H16. The quantitative estimate of drug-likeness (QED) is 0.605. The molecule has 1 aromatic carbocycles. The summed E-state index contributed by atoms with van der Waals surface area (Å²) in [6.07, 6.45) is 8.00. The maximum absolute atomic E-state index is 2.32. The first-order chi connectivity index (χ1) is 6.77. The van der Waals surface area contributed by atoms with Crippen molar-refractivity contribution in [3.05, 3.63) is 53.1 Å². The lowest BCUT2D eigenvalue weighted by Crippen LogP contribution is -1.91. The third-order valence-electron chi connectivity index (χ3n) is 2.68. The Morgan fingerprint density at radius 2 is 2.07 bits per heavy atom. The van der Waals surface area contributed by atoms with Crippen LogP contribution < -0.4 is 0 Å². The van der Waals surface area contributed by atoms with Gasteiger partial charge in [-0.3, -0.25) is 0 Å². The molecule has 0 N–H and O–H groups in total. The molecular weight excluding hydrogens is 168 g/mol. The van der Waals surface area contributed by atoms with Crippen LogP contribution in [-0.2, 0) is 0 Å². The van der Waals surface area contributed by atoms with Crippen LogP contribution in [0.2, 0.25) is 0 Å². The molecule has 0 saturated heterocycles. The zero-order valence-electron chi connectivity index (χ0n) is 8.83. The molecule has 0 aliphatic heterocycles. The van der Waals surface area contributed by atoms with E-state index in [9.17, 15) is 0 Å². The van der Waals surface area contributed by atoms with Gasteiger partial charge in [0.25, 0.3) is 0 Å². The number of benzene rings is 1. The summed E-state index contributed by atoms with van der Waals surface area (Å²) in [5, 5.41) is 0. The Morgan fingerprint density at radius 1 is 1.29 bits per heavy atom. The van der Waals surface area contributed by atoms with Crippen molar-refractivity contribution >= 4 is 6.08 Å². The number of allylic oxidation sites excluding steroid dienone is 3. The van der Waals surface area contributed by atoms with Gasteiger partial charge in [0, 0.05) is 5.92 Å². The highest BCUT2D eigenvalue weighted by Crippen LogP contribution is 2.32. The van der Waals surface area contributed by atoms with E-state index in [4.69, 9.17) is 0 Å². The summed E-state index contributed by atoms with van der Waals surface area (Å²) < 4.78 is 0. The molecule has 1 aliphatic rings. The van der Waals surface area contributed by atoms with Crippen molar-refractivity contribution in [2.75, 3.05) is 0 Å². The first-order valence-electron chi connectivity index (χ1n) is 5.18. The van der Waals surface area contributed by atoms with E-state index in [1.165, 1.54) is 16.7 Å². The zero-order valence-corrected chi connectivity index (χ0v) is 8.83. The predicted octanol–water partition coefficient (Wildman–Crippen LogP) is 4.15. The second kappa shape index (κ2) is 3.83. The minimum absolute atomic E-state index is 0.598. The van der Waals surface area contributed by atoms with E-state index < -0.39 is 0 Å². The van der Waals surface area contributed by atoms with E-state index in [1.54, 1.807) is 0 Å². The fourth-order valence-corrected chi connectivity index (χ4v) is 1.89. The molecule has 1 unspecified atom stereocenters. The lowest BCUT2D eigenvalue weighted by Gasteiger charge is -2.07. The summed E-state index contributed by atoms with van der Waals surface area (Å²) in [7, 11) is 0. The van der Waals surface area contributed by atoms with Gasteiger partial charge in [0.2, 0.25) is 0 Å². The largest absolute Gasteiger partial charge is 0.0850 e. The molecule has 0 heteroatoms. The van der Waals surface area contributed by atoms with Crippen LogP contribution in [0.4, 0.5) is 0 Å². The van der Waals surface area contributed by atoms with Crippen molar-refractivity contribution < 1.29 is 0 Å². The van der Waals surface area contributed by atoms with Crippen LogP contribution in [0.15, 0.2) is 42.0 Å². The van der Waals surface area contributed by atoms with Crippen LogP contribution in [-0.4, -0.2) is 0 Å². The van der Waals surface area contributed by atoms with Gasteiger partial charge >= 0.3 is 0 Å². The first-order valence-corrected chi connectivity index (χ1v) is 5.18.